The number of nitrogens with one attached hydrogen (secondary N) is 1. The van der Waals surface area contributed by atoms with E-state index in [4.69, 9.17) is 0 Å². The first kappa shape index (κ1) is 10.4. The molecule has 80 valence electrons. The van der Waals surface area contributed by atoms with Gasteiger partial charge in [0.05, 0.1) is 0 Å². The van der Waals surface area contributed by atoms with Crippen molar-refractivity contribution in [2.45, 2.75) is 25.3 Å². The van der Waals surface area contributed by atoms with Crippen LogP contribution in [0.15, 0.2) is 30.3 Å². The van der Waals surface area contributed by atoms with Crippen LogP contribution in [0.3, 0.4) is 0 Å². The number of benzene rings is 1. The minimum absolute atomic E-state index is 0.178. The van der Waals surface area contributed by atoms with Crippen LogP contribution < -0.4 is 5.32 Å². The maximum Gasteiger partial charge on any atom is 0.123 e. The Balaban J connectivity index is 1.70. The van der Waals surface area contributed by atoms with E-state index in [0.29, 0.717) is 0 Å². The van der Waals surface area contributed by atoms with E-state index < -0.39 is 0 Å². The van der Waals surface area contributed by atoms with Crippen LogP contribution >= 0.6 is 0 Å². The lowest BCUT2D eigenvalue weighted by Crippen LogP contribution is -2.16. The van der Waals surface area contributed by atoms with Crippen molar-refractivity contribution in [1.29, 1.82) is 0 Å². The largest absolute Gasteiger partial charge is 0.314 e. The summed E-state index contributed by atoms with van der Waals surface area (Å²) >= 11 is 0. The summed E-state index contributed by atoms with van der Waals surface area (Å²) in [5.74, 6) is -0.178. The predicted octanol–water partition coefficient (Wildman–Crippen LogP) is 2.98. The van der Waals surface area contributed by atoms with E-state index in [0.717, 1.165) is 24.6 Å². The van der Waals surface area contributed by atoms with Gasteiger partial charge in [-0.1, -0.05) is 24.3 Å². The van der Waals surface area contributed by atoms with Gasteiger partial charge >= 0.3 is 0 Å². The highest BCUT2D eigenvalue weighted by Gasteiger charge is 2.19. The van der Waals surface area contributed by atoms with Crippen molar-refractivity contribution in [2.24, 2.45) is 0 Å². The lowest BCUT2D eigenvalue weighted by Gasteiger charge is -1.97. The van der Waals surface area contributed by atoms with Gasteiger partial charge in [0.1, 0.15) is 5.82 Å². The number of rotatable bonds is 5. The first-order chi connectivity index (χ1) is 7.34. The fourth-order valence-corrected chi connectivity index (χ4v) is 1.45. The lowest BCUT2D eigenvalue weighted by atomic mass is 10.2. The second kappa shape index (κ2) is 5.08. The highest BCUT2D eigenvalue weighted by Crippen LogP contribution is 2.18. The molecule has 15 heavy (non-hydrogen) atoms. The van der Waals surface area contributed by atoms with Crippen molar-refractivity contribution >= 4 is 6.08 Å². The molecule has 1 aliphatic rings. The predicted molar refractivity (Wildman–Crippen MR) is 61.1 cm³/mol. The van der Waals surface area contributed by atoms with Crippen LogP contribution in [0.25, 0.3) is 6.08 Å². The Hall–Kier alpha value is -1.15. The third-order valence-corrected chi connectivity index (χ3v) is 2.50. The molecule has 1 N–H and O–H groups in total. The molecule has 0 bridgehead atoms. The van der Waals surface area contributed by atoms with E-state index in [-0.39, 0.29) is 5.82 Å². The Labute approximate surface area is 90.0 Å². The highest BCUT2D eigenvalue weighted by atomic mass is 19.1. The molecule has 0 heterocycles. The molecule has 2 heteroatoms. The van der Waals surface area contributed by atoms with Crippen LogP contribution in [0.2, 0.25) is 0 Å². The summed E-state index contributed by atoms with van der Waals surface area (Å²) in [4.78, 5) is 0. The quantitative estimate of drug-likeness (QED) is 0.729. The molecule has 0 aliphatic heterocycles. The van der Waals surface area contributed by atoms with E-state index in [1.54, 1.807) is 12.1 Å². The van der Waals surface area contributed by atoms with Crippen molar-refractivity contribution in [1.82, 2.24) is 5.32 Å². The zero-order valence-electron chi connectivity index (χ0n) is 8.75. The van der Waals surface area contributed by atoms with Gasteiger partial charge in [0.25, 0.3) is 0 Å². The van der Waals surface area contributed by atoms with E-state index in [1.807, 2.05) is 6.08 Å². The molecule has 1 fully saturated rings. The smallest absolute Gasteiger partial charge is 0.123 e. The maximum absolute atomic E-state index is 12.6. The molecule has 0 atom stereocenters. The summed E-state index contributed by atoms with van der Waals surface area (Å²) in [6, 6.07) is 7.34. The highest BCUT2D eigenvalue weighted by molar-refractivity contribution is 5.48. The molecule has 1 aromatic carbocycles. The summed E-state index contributed by atoms with van der Waals surface area (Å²) in [5, 5.41) is 3.44. The molecule has 2 rings (SSSR count). The Kier molecular flexibility index (Phi) is 3.51. The third-order valence-electron chi connectivity index (χ3n) is 2.50. The Morgan fingerprint density at radius 1 is 1.27 bits per heavy atom. The van der Waals surface area contributed by atoms with Crippen LogP contribution in [0.5, 0.6) is 0 Å². The van der Waals surface area contributed by atoms with Crippen LogP contribution in [-0.2, 0) is 0 Å². The molecule has 1 saturated carbocycles. The monoisotopic (exact) mass is 205 g/mol. The van der Waals surface area contributed by atoms with Gasteiger partial charge in [0.2, 0.25) is 0 Å². The molecule has 0 aromatic heterocycles. The minimum Gasteiger partial charge on any atom is -0.314 e. The summed E-state index contributed by atoms with van der Waals surface area (Å²) in [5.41, 5.74) is 1.06. The zero-order chi connectivity index (χ0) is 10.5. The molecule has 0 radical (unpaired) electrons. The zero-order valence-corrected chi connectivity index (χ0v) is 8.75. The van der Waals surface area contributed by atoms with E-state index in [1.165, 1.54) is 25.0 Å². The normalized spacial score (nSPS) is 16.1. The van der Waals surface area contributed by atoms with Crippen molar-refractivity contribution in [2.75, 3.05) is 6.54 Å². The van der Waals surface area contributed by atoms with Gasteiger partial charge in [0.15, 0.2) is 0 Å². The topological polar surface area (TPSA) is 12.0 Å². The second-order valence-corrected chi connectivity index (χ2v) is 3.97. The van der Waals surface area contributed by atoms with Gasteiger partial charge in [0, 0.05) is 6.04 Å². The van der Waals surface area contributed by atoms with Crippen molar-refractivity contribution in [3.63, 3.8) is 0 Å². The average Bonchev–Trinajstić information content (AvgIpc) is 3.04. The Bertz CT molecular complexity index is 325. The molecule has 1 aliphatic carbocycles. The Morgan fingerprint density at radius 2 is 2.00 bits per heavy atom. The van der Waals surface area contributed by atoms with Gasteiger partial charge in [-0.15, -0.1) is 0 Å². The van der Waals surface area contributed by atoms with Crippen LogP contribution in [0, 0.1) is 5.82 Å². The first-order valence-corrected chi connectivity index (χ1v) is 5.50. The number of hydrogen-bond acceptors (Lipinski definition) is 1. The van der Waals surface area contributed by atoms with E-state index >= 15 is 0 Å². The van der Waals surface area contributed by atoms with Crippen molar-refractivity contribution in [3.05, 3.63) is 41.7 Å². The van der Waals surface area contributed by atoms with E-state index in [9.17, 15) is 4.39 Å². The van der Waals surface area contributed by atoms with Crippen molar-refractivity contribution in [3.8, 4) is 0 Å². The van der Waals surface area contributed by atoms with Crippen LogP contribution in [0.1, 0.15) is 24.8 Å². The molecule has 1 aromatic rings. The van der Waals surface area contributed by atoms with Crippen LogP contribution in [-0.4, -0.2) is 12.6 Å². The molecule has 1 nitrogen and oxygen atoms in total. The minimum atomic E-state index is -0.178. The molecule has 0 amide bonds. The summed E-state index contributed by atoms with van der Waals surface area (Å²) in [6.45, 7) is 1.04. The lowest BCUT2D eigenvalue weighted by molar-refractivity contribution is 0.628. The maximum atomic E-state index is 12.6. The average molecular weight is 205 g/mol. The van der Waals surface area contributed by atoms with Crippen LogP contribution in [0.4, 0.5) is 4.39 Å². The standard InChI is InChI=1S/C13H16FN/c14-12-6-4-11(5-7-12)3-1-2-10-15-13-8-9-13/h1,3-7,13,15H,2,8-10H2. The SMILES string of the molecule is Fc1ccc(C=CCCNC2CC2)cc1. The molecule has 0 saturated heterocycles. The van der Waals surface area contributed by atoms with Gasteiger partial charge in [-0.2, -0.15) is 0 Å². The Morgan fingerprint density at radius 3 is 2.67 bits per heavy atom. The van der Waals surface area contributed by atoms with Crippen molar-refractivity contribution < 1.29 is 4.39 Å². The van der Waals surface area contributed by atoms with Gasteiger partial charge in [-0.3, -0.25) is 0 Å². The van der Waals surface area contributed by atoms with Gasteiger partial charge in [-0.25, -0.2) is 4.39 Å². The molecule has 0 spiro atoms. The summed E-state index contributed by atoms with van der Waals surface area (Å²) in [6.07, 6.45) is 7.87. The third kappa shape index (κ3) is 3.84. The van der Waals surface area contributed by atoms with E-state index in [2.05, 4.69) is 11.4 Å². The van der Waals surface area contributed by atoms with Gasteiger partial charge in [-0.05, 0) is 43.5 Å². The number of halogens is 1. The molecular formula is C13H16FN. The summed E-state index contributed by atoms with van der Waals surface area (Å²) in [7, 11) is 0. The molecular weight excluding hydrogens is 189 g/mol. The summed E-state index contributed by atoms with van der Waals surface area (Å²) < 4.78 is 12.6. The molecule has 0 unspecified atom stereocenters. The first-order valence-electron chi connectivity index (χ1n) is 5.50. The second-order valence-electron chi connectivity index (χ2n) is 3.97. The van der Waals surface area contributed by atoms with Gasteiger partial charge < -0.3 is 5.32 Å². The number of hydrogen-bond donors (Lipinski definition) is 1. The fourth-order valence-electron chi connectivity index (χ4n) is 1.45. The fraction of sp³-hybridized carbons (Fsp3) is 0.385.